The minimum absolute atomic E-state index is 0.0810. The summed E-state index contributed by atoms with van der Waals surface area (Å²) in [7, 11) is 0. The SMILES string of the molecule is CC[C@H](C)[C@H](NC(=O)c1ccc(C(F)(F)F)nc1C)C(=O)O. The summed E-state index contributed by atoms with van der Waals surface area (Å²) in [6, 6.07) is 0.580. The van der Waals surface area contributed by atoms with E-state index < -0.39 is 29.8 Å². The molecule has 0 saturated carbocycles. The Kier molecular flexibility index (Phi) is 5.51. The lowest BCUT2D eigenvalue weighted by molar-refractivity contribution is -0.141. The van der Waals surface area contributed by atoms with Crippen molar-refractivity contribution in [3.63, 3.8) is 0 Å². The van der Waals surface area contributed by atoms with Crippen LogP contribution in [0.1, 0.15) is 42.0 Å². The lowest BCUT2D eigenvalue weighted by atomic mass is 9.99. The number of rotatable bonds is 5. The number of aryl methyl sites for hydroxylation is 1. The molecule has 0 spiro atoms. The number of aliphatic carboxylic acids is 1. The number of halogens is 3. The number of amides is 1. The van der Waals surface area contributed by atoms with Crippen molar-refractivity contribution in [1.29, 1.82) is 0 Å². The first-order valence-electron chi connectivity index (χ1n) is 6.66. The van der Waals surface area contributed by atoms with Gasteiger partial charge in [0.2, 0.25) is 0 Å². The maximum Gasteiger partial charge on any atom is 0.433 e. The number of nitrogens with zero attached hydrogens (tertiary/aromatic N) is 1. The highest BCUT2D eigenvalue weighted by Crippen LogP contribution is 2.28. The molecule has 8 heteroatoms. The van der Waals surface area contributed by atoms with Crippen LogP contribution in [0.2, 0.25) is 0 Å². The smallest absolute Gasteiger partial charge is 0.433 e. The molecule has 0 bridgehead atoms. The molecule has 1 aromatic heterocycles. The number of hydrogen-bond acceptors (Lipinski definition) is 3. The Labute approximate surface area is 125 Å². The minimum Gasteiger partial charge on any atom is -0.480 e. The topological polar surface area (TPSA) is 79.3 Å². The van der Waals surface area contributed by atoms with E-state index in [0.29, 0.717) is 12.5 Å². The van der Waals surface area contributed by atoms with Crippen LogP contribution in [0.4, 0.5) is 13.2 Å². The van der Waals surface area contributed by atoms with Gasteiger partial charge in [-0.2, -0.15) is 13.2 Å². The number of carboxylic acid groups (broad SMARTS) is 1. The van der Waals surface area contributed by atoms with Crippen LogP contribution in [0.25, 0.3) is 0 Å². The molecule has 0 aliphatic rings. The highest BCUT2D eigenvalue weighted by Gasteiger charge is 2.33. The summed E-state index contributed by atoms with van der Waals surface area (Å²) in [4.78, 5) is 26.6. The van der Waals surface area contributed by atoms with E-state index in [4.69, 9.17) is 5.11 Å². The van der Waals surface area contributed by atoms with Gasteiger partial charge in [0.25, 0.3) is 5.91 Å². The second-order valence-corrected chi connectivity index (χ2v) is 5.00. The van der Waals surface area contributed by atoms with E-state index >= 15 is 0 Å². The lowest BCUT2D eigenvalue weighted by Gasteiger charge is -2.20. The largest absolute Gasteiger partial charge is 0.480 e. The molecule has 22 heavy (non-hydrogen) atoms. The van der Waals surface area contributed by atoms with Crippen LogP contribution < -0.4 is 5.32 Å². The quantitative estimate of drug-likeness (QED) is 0.875. The number of alkyl halides is 3. The number of aromatic nitrogens is 1. The Hall–Kier alpha value is -2.12. The van der Waals surface area contributed by atoms with Gasteiger partial charge in [-0.15, -0.1) is 0 Å². The van der Waals surface area contributed by atoms with Gasteiger partial charge in [-0.05, 0) is 25.0 Å². The van der Waals surface area contributed by atoms with Crippen LogP contribution in [0, 0.1) is 12.8 Å². The fourth-order valence-corrected chi connectivity index (χ4v) is 1.86. The molecule has 1 aromatic rings. The van der Waals surface area contributed by atoms with E-state index in [1.807, 2.05) is 0 Å². The molecule has 0 unspecified atom stereocenters. The van der Waals surface area contributed by atoms with Gasteiger partial charge in [0, 0.05) is 0 Å². The summed E-state index contributed by atoms with van der Waals surface area (Å²) in [6.45, 7) is 4.71. The molecule has 1 rings (SSSR count). The number of hydrogen-bond donors (Lipinski definition) is 2. The van der Waals surface area contributed by atoms with Gasteiger partial charge in [-0.1, -0.05) is 20.3 Å². The standard InChI is InChI=1S/C14H17F3N2O3/c1-4-7(2)11(13(21)22)19-12(20)9-5-6-10(14(15,16)17)18-8(9)3/h5-7,11H,4H2,1-3H3,(H,19,20)(H,21,22)/t7-,11-/m0/s1. The molecule has 1 heterocycles. The molecule has 5 nitrogen and oxygen atoms in total. The van der Waals surface area contributed by atoms with Crippen molar-refractivity contribution in [2.45, 2.75) is 39.4 Å². The third-order valence-electron chi connectivity index (χ3n) is 3.39. The van der Waals surface area contributed by atoms with E-state index in [-0.39, 0.29) is 17.2 Å². The predicted molar refractivity (Wildman–Crippen MR) is 72.3 cm³/mol. The van der Waals surface area contributed by atoms with Gasteiger partial charge >= 0.3 is 12.1 Å². The average Bonchev–Trinajstić information content (AvgIpc) is 2.42. The van der Waals surface area contributed by atoms with Crippen molar-refractivity contribution in [2.75, 3.05) is 0 Å². The number of nitrogens with one attached hydrogen (secondary N) is 1. The second kappa shape index (κ2) is 6.76. The molecular formula is C14H17F3N2O3. The molecule has 0 aliphatic heterocycles. The Bertz CT molecular complexity index is 573. The number of carboxylic acids is 1. The van der Waals surface area contributed by atoms with Crippen LogP contribution in [-0.4, -0.2) is 28.0 Å². The van der Waals surface area contributed by atoms with Crippen LogP contribution in [-0.2, 0) is 11.0 Å². The van der Waals surface area contributed by atoms with Gasteiger partial charge in [-0.3, -0.25) is 4.79 Å². The van der Waals surface area contributed by atoms with Crippen molar-refractivity contribution in [2.24, 2.45) is 5.92 Å². The van der Waals surface area contributed by atoms with Crippen LogP contribution >= 0.6 is 0 Å². The molecule has 0 fully saturated rings. The number of carbonyl (C=O) groups is 2. The molecule has 0 radical (unpaired) electrons. The summed E-state index contributed by atoms with van der Waals surface area (Å²) in [6.07, 6.45) is -4.07. The monoisotopic (exact) mass is 318 g/mol. The first-order chi connectivity index (χ1) is 10.1. The molecule has 2 N–H and O–H groups in total. The maximum absolute atomic E-state index is 12.5. The van der Waals surface area contributed by atoms with Crippen LogP contribution in [0.15, 0.2) is 12.1 Å². The molecule has 2 atom stereocenters. The van der Waals surface area contributed by atoms with Gasteiger partial charge in [-0.25, -0.2) is 9.78 Å². The molecule has 0 aromatic carbocycles. The average molecular weight is 318 g/mol. The fourth-order valence-electron chi connectivity index (χ4n) is 1.86. The van der Waals surface area contributed by atoms with Crippen molar-refractivity contribution < 1.29 is 27.9 Å². The van der Waals surface area contributed by atoms with Crippen LogP contribution in [0.5, 0.6) is 0 Å². The minimum atomic E-state index is -4.60. The normalized spacial score (nSPS) is 14.3. The maximum atomic E-state index is 12.5. The summed E-state index contributed by atoms with van der Waals surface area (Å²) in [5, 5.41) is 11.4. The Morgan fingerprint density at radius 2 is 1.95 bits per heavy atom. The van der Waals surface area contributed by atoms with Gasteiger partial charge in [0.1, 0.15) is 11.7 Å². The number of carbonyl (C=O) groups excluding carboxylic acids is 1. The molecule has 1 amide bonds. The Balaban J connectivity index is 3.01. The predicted octanol–water partition coefficient (Wildman–Crippen LogP) is 2.64. The van der Waals surface area contributed by atoms with E-state index in [2.05, 4.69) is 10.3 Å². The fraction of sp³-hybridized carbons (Fsp3) is 0.500. The van der Waals surface area contributed by atoms with Gasteiger partial charge in [0.15, 0.2) is 0 Å². The van der Waals surface area contributed by atoms with E-state index in [1.54, 1.807) is 13.8 Å². The second-order valence-electron chi connectivity index (χ2n) is 5.00. The van der Waals surface area contributed by atoms with Crippen molar-refractivity contribution in [3.8, 4) is 0 Å². The zero-order valence-electron chi connectivity index (χ0n) is 12.4. The zero-order valence-corrected chi connectivity index (χ0v) is 12.4. The van der Waals surface area contributed by atoms with Crippen molar-refractivity contribution in [1.82, 2.24) is 10.3 Å². The summed E-state index contributed by atoms with van der Waals surface area (Å²) >= 11 is 0. The van der Waals surface area contributed by atoms with E-state index in [9.17, 15) is 22.8 Å². The Morgan fingerprint density at radius 3 is 2.36 bits per heavy atom. The van der Waals surface area contributed by atoms with Gasteiger partial charge in [0.05, 0.1) is 11.3 Å². The number of pyridine rings is 1. The molecule has 0 aliphatic carbocycles. The van der Waals surface area contributed by atoms with Crippen LogP contribution in [0.3, 0.4) is 0 Å². The third kappa shape index (κ3) is 4.19. The van der Waals surface area contributed by atoms with E-state index in [0.717, 1.165) is 6.07 Å². The third-order valence-corrected chi connectivity index (χ3v) is 3.39. The highest BCUT2D eigenvalue weighted by molar-refractivity contribution is 5.97. The highest BCUT2D eigenvalue weighted by atomic mass is 19.4. The zero-order chi connectivity index (χ0) is 17.1. The summed E-state index contributed by atoms with van der Waals surface area (Å²) in [5.74, 6) is -2.27. The Morgan fingerprint density at radius 1 is 1.36 bits per heavy atom. The van der Waals surface area contributed by atoms with Crippen molar-refractivity contribution in [3.05, 3.63) is 29.1 Å². The molecule has 122 valence electrons. The first kappa shape index (κ1) is 17.9. The van der Waals surface area contributed by atoms with E-state index in [1.165, 1.54) is 6.92 Å². The van der Waals surface area contributed by atoms with Crippen molar-refractivity contribution >= 4 is 11.9 Å². The molecule has 0 saturated heterocycles. The summed E-state index contributed by atoms with van der Waals surface area (Å²) < 4.78 is 37.6. The first-order valence-corrected chi connectivity index (χ1v) is 6.66. The molecular weight excluding hydrogens is 301 g/mol. The summed E-state index contributed by atoms with van der Waals surface area (Å²) in [5.41, 5.74) is -1.29. The lowest BCUT2D eigenvalue weighted by Crippen LogP contribution is -2.45. The van der Waals surface area contributed by atoms with Gasteiger partial charge < -0.3 is 10.4 Å².